The predicted octanol–water partition coefficient (Wildman–Crippen LogP) is 0.657. The third-order valence-electron chi connectivity index (χ3n) is 2.03. The average molecular weight is 179 g/mol. The summed E-state index contributed by atoms with van der Waals surface area (Å²) in [6, 6.07) is 5.15. The number of carboxylic acid groups (broad SMARTS) is 1. The molecule has 68 valence electrons. The van der Waals surface area contributed by atoms with Crippen LogP contribution in [0.5, 0.6) is 5.75 Å². The Bertz CT molecular complexity index is 362. The molecule has 0 spiro atoms. The number of carbonyl (C=O) groups is 1. The van der Waals surface area contributed by atoms with E-state index in [1.165, 1.54) is 0 Å². The summed E-state index contributed by atoms with van der Waals surface area (Å²) in [5.41, 5.74) is 7.05. The standard InChI is InChI=1S/C9H9NO3/c10-6-1-2-7-5(3-6)4-8(13-7)9(11)12/h1-3,8H,4,10H2,(H,11,12). The van der Waals surface area contributed by atoms with Crippen LogP contribution in [0.3, 0.4) is 0 Å². The number of nitrogens with two attached hydrogens (primary N) is 1. The largest absolute Gasteiger partial charge is 0.478 e. The van der Waals surface area contributed by atoms with Crippen molar-refractivity contribution in [2.45, 2.75) is 12.5 Å². The van der Waals surface area contributed by atoms with Gasteiger partial charge in [0.15, 0.2) is 6.10 Å². The minimum absolute atomic E-state index is 0.399. The lowest BCUT2D eigenvalue weighted by atomic mass is 10.1. The third-order valence-corrected chi connectivity index (χ3v) is 2.03. The number of carboxylic acids is 1. The van der Waals surface area contributed by atoms with Gasteiger partial charge in [-0.15, -0.1) is 0 Å². The molecule has 4 heteroatoms. The van der Waals surface area contributed by atoms with E-state index in [4.69, 9.17) is 15.6 Å². The summed E-state index contributed by atoms with van der Waals surface area (Å²) in [6.45, 7) is 0. The number of nitrogen functional groups attached to an aromatic ring is 1. The lowest BCUT2D eigenvalue weighted by Gasteiger charge is -2.03. The number of rotatable bonds is 1. The lowest BCUT2D eigenvalue weighted by Crippen LogP contribution is -2.24. The van der Waals surface area contributed by atoms with Crippen molar-refractivity contribution >= 4 is 11.7 Å². The molecule has 3 N–H and O–H groups in total. The molecule has 1 aliphatic heterocycles. The summed E-state index contributed by atoms with van der Waals surface area (Å²) in [4.78, 5) is 10.6. The first-order valence-corrected chi connectivity index (χ1v) is 3.94. The van der Waals surface area contributed by atoms with E-state index in [0.29, 0.717) is 17.9 Å². The van der Waals surface area contributed by atoms with Crippen molar-refractivity contribution in [3.63, 3.8) is 0 Å². The van der Waals surface area contributed by atoms with Gasteiger partial charge in [-0.1, -0.05) is 0 Å². The molecule has 1 atom stereocenters. The van der Waals surface area contributed by atoms with E-state index in [-0.39, 0.29) is 0 Å². The fraction of sp³-hybridized carbons (Fsp3) is 0.222. The van der Waals surface area contributed by atoms with Crippen LogP contribution in [0.4, 0.5) is 5.69 Å². The van der Waals surface area contributed by atoms with Gasteiger partial charge in [0.2, 0.25) is 0 Å². The highest BCUT2D eigenvalue weighted by Gasteiger charge is 2.28. The van der Waals surface area contributed by atoms with Crippen LogP contribution in [0, 0.1) is 0 Å². The summed E-state index contributed by atoms with van der Waals surface area (Å²) in [7, 11) is 0. The lowest BCUT2D eigenvalue weighted by molar-refractivity contribution is -0.144. The van der Waals surface area contributed by atoms with Gasteiger partial charge in [0.05, 0.1) is 0 Å². The Balaban J connectivity index is 2.30. The smallest absolute Gasteiger partial charge is 0.345 e. The van der Waals surface area contributed by atoms with Crippen molar-refractivity contribution in [3.05, 3.63) is 23.8 Å². The minimum atomic E-state index is -0.935. The van der Waals surface area contributed by atoms with Gasteiger partial charge in [0.1, 0.15) is 5.75 Å². The van der Waals surface area contributed by atoms with Crippen LogP contribution in [-0.2, 0) is 11.2 Å². The van der Waals surface area contributed by atoms with Gasteiger partial charge >= 0.3 is 5.97 Å². The van der Waals surface area contributed by atoms with Gasteiger partial charge in [-0.05, 0) is 18.2 Å². The van der Waals surface area contributed by atoms with Crippen molar-refractivity contribution in [3.8, 4) is 5.75 Å². The molecule has 1 aromatic rings. The van der Waals surface area contributed by atoms with Crippen LogP contribution in [0.1, 0.15) is 5.56 Å². The van der Waals surface area contributed by atoms with Crippen LogP contribution in [-0.4, -0.2) is 17.2 Å². The number of hydrogen-bond donors (Lipinski definition) is 2. The summed E-state index contributed by atoms with van der Waals surface area (Å²) in [6.07, 6.45) is -0.354. The maximum absolute atomic E-state index is 10.6. The Morgan fingerprint density at radius 2 is 2.38 bits per heavy atom. The van der Waals surface area contributed by atoms with E-state index in [0.717, 1.165) is 5.56 Å². The van der Waals surface area contributed by atoms with E-state index >= 15 is 0 Å². The highest BCUT2D eigenvalue weighted by molar-refractivity contribution is 5.75. The summed E-state index contributed by atoms with van der Waals surface area (Å²) in [5.74, 6) is -0.309. The molecule has 1 heterocycles. The van der Waals surface area contributed by atoms with Gasteiger partial charge in [-0.3, -0.25) is 0 Å². The molecule has 13 heavy (non-hydrogen) atoms. The number of aliphatic carboxylic acids is 1. The number of benzene rings is 1. The van der Waals surface area contributed by atoms with E-state index in [1.54, 1.807) is 18.2 Å². The fourth-order valence-corrected chi connectivity index (χ4v) is 1.41. The molecule has 0 fully saturated rings. The molecule has 0 saturated heterocycles. The van der Waals surface area contributed by atoms with Crippen molar-refractivity contribution in [2.24, 2.45) is 0 Å². The fourth-order valence-electron chi connectivity index (χ4n) is 1.41. The molecule has 0 radical (unpaired) electrons. The van der Waals surface area contributed by atoms with Crippen molar-refractivity contribution in [1.82, 2.24) is 0 Å². The Labute approximate surface area is 74.9 Å². The van der Waals surface area contributed by atoms with Gasteiger partial charge in [-0.2, -0.15) is 0 Å². The van der Waals surface area contributed by atoms with Crippen molar-refractivity contribution < 1.29 is 14.6 Å². The Morgan fingerprint density at radius 3 is 3.08 bits per heavy atom. The average Bonchev–Trinajstić information content (AvgIpc) is 2.46. The molecular formula is C9H9NO3. The zero-order valence-corrected chi connectivity index (χ0v) is 6.86. The highest BCUT2D eigenvalue weighted by atomic mass is 16.5. The Kier molecular flexibility index (Phi) is 1.62. The maximum Gasteiger partial charge on any atom is 0.345 e. The molecule has 0 bridgehead atoms. The molecule has 4 nitrogen and oxygen atoms in total. The topological polar surface area (TPSA) is 72.6 Å². The molecule has 0 aromatic heterocycles. The van der Waals surface area contributed by atoms with E-state index in [1.807, 2.05) is 0 Å². The van der Waals surface area contributed by atoms with Crippen LogP contribution in [0.2, 0.25) is 0 Å². The predicted molar refractivity (Wildman–Crippen MR) is 46.6 cm³/mol. The van der Waals surface area contributed by atoms with Gasteiger partial charge < -0.3 is 15.6 Å². The van der Waals surface area contributed by atoms with E-state index < -0.39 is 12.1 Å². The summed E-state index contributed by atoms with van der Waals surface area (Å²) < 4.78 is 5.17. The number of hydrogen-bond acceptors (Lipinski definition) is 3. The van der Waals surface area contributed by atoms with Crippen molar-refractivity contribution in [2.75, 3.05) is 5.73 Å². The van der Waals surface area contributed by atoms with Crippen LogP contribution >= 0.6 is 0 Å². The zero-order chi connectivity index (χ0) is 9.42. The summed E-state index contributed by atoms with van der Waals surface area (Å²) >= 11 is 0. The van der Waals surface area contributed by atoms with Crippen molar-refractivity contribution in [1.29, 1.82) is 0 Å². The molecular weight excluding hydrogens is 170 g/mol. The number of ether oxygens (including phenoxy) is 1. The first-order chi connectivity index (χ1) is 6.16. The molecule has 0 amide bonds. The SMILES string of the molecule is Nc1ccc2c(c1)CC(C(=O)O)O2. The zero-order valence-electron chi connectivity index (χ0n) is 6.86. The normalized spacial score (nSPS) is 19.2. The van der Waals surface area contributed by atoms with Gasteiger partial charge in [0.25, 0.3) is 0 Å². The molecule has 2 rings (SSSR count). The summed E-state index contributed by atoms with van der Waals surface area (Å²) in [5, 5.41) is 8.70. The third kappa shape index (κ3) is 1.30. The second-order valence-corrected chi connectivity index (χ2v) is 3.02. The van der Waals surface area contributed by atoms with Crippen LogP contribution < -0.4 is 10.5 Å². The Morgan fingerprint density at radius 1 is 1.62 bits per heavy atom. The molecule has 0 saturated carbocycles. The second-order valence-electron chi connectivity index (χ2n) is 3.02. The first kappa shape index (κ1) is 7.91. The van der Waals surface area contributed by atoms with E-state index in [9.17, 15) is 4.79 Å². The molecule has 0 aliphatic carbocycles. The number of anilines is 1. The molecule has 1 unspecified atom stereocenters. The van der Waals surface area contributed by atoms with Gasteiger partial charge in [-0.25, -0.2) is 4.79 Å². The molecule has 1 aliphatic rings. The maximum atomic E-state index is 10.6. The van der Waals surface area contributed by atoms with Gasteiger partial charge in [0, 0.05) is 17.7 Å². The highest BCUT2D eigenvalue weighted by Crippen LogP contribution is 2.30. The first-order valence-electron chi connectivity index (χ1n) is 3.94. The monoisotopic (exact) mass is 179 g/mol. The molecule has 1 aromatic carbocycles. The van der Waals surface area contributed by atoms with E-state index in [2.05, 4.69) is 0 Å². The Hall–Kier alpha value is -1.71. The van der Waals surface area contributed by atoms with Crippen LogP contribution in [0.25, 0.3) is 0 Å². The number of fused-ring (bicyclic) bond motifs is 1. The quantitative estimate of drug-likeness (QED) is 0.621. The minimum Gasteiger partial charge on any atom is -0.478 e. The second kappa shape index (κ2) is 2.65. The van der Waals surface area contributed by atoms with Crippen LogP contribution in [0.15, 0.2) is 18.2 Å².